The van der Waals surface area contributed by atoms with E-state index in [0.717, 1.165) is 24.2 Å². The van der Waals surface area contributed by atoms with E-state index >= 15 is 0 Å². The molecule has 0 fully saturated rings. The van der Waals surface area contributed by atoms with Crippen molar-refractivity contribution in [2.24, 2.45) is 0 Å². The summed E-state index contributed by atoms with van der Waals surface area (Å²) >= 11 is 0. The minimum atomic E-state index is 1.09. The van der Waals surface area contributed by atoms with Crippen LogP contribution in [0.15, 0.2) is 48.5 Å². The molecule has 1 nitrogen and oxygen atoms in total. The smallest absolute Gasteiger partial charge is 0.0669 e. The second-order valence-corrected chi connectivity index (χ2v) is 3.87. The van der Waals surface area contributed by atoms with Crippen molar-refractivity contribution in [1.82, 2.24) is 5.32 Å². The molecule has 0 aliphatic carbocycles. The highest BCUT2D eigenvalue weighted by Crippen LogP contribution is 2.29. The molecule has 0 unspecified atom stereocenters. The first kappa shape index (κ1) is 8.54. The summed E-state index contributed by atoms with van der Waals surface area (Å²) in [6.45, 7) is 0. The van der Waals surface area contributed by atoms with Crippen LogP contribution in [0.2, 0.25) is 0 Å². The van der Waals surface area contributed by atoms with E-state index in [4.69, 9.17) is 5.32 Å². The Morgan fingerprint density at radius 1 is 0.667 bits per heavy atom. The highest BCUT2D eigenvalue weighted by molar-refractivity contribution is 5.59. The first-order chi connectivity index (χ1) is 7.43. The summed E-state index contributed by atoms with van der Waals surface area (Å²) in [4.78, 5) is 0. The van der Waals surface area contributed by atoms with Crippen molar-refractivity contribution in [3.05, 3.63) is 59.7 Å². The zero-order chi connectivity index (χ0) is 10.1. The highest BCUT2D eigenvalue weighted by Gasteiger charge is 2.12. The third-order valence-electron chi connectivity index (χ3n) is 2.89. The minimum absolute atomic E-state index is 1.09. The van der Waals surface area contributed by atoms with Gasteiger partial charge < -0.3 is 0 Å². The minimum Gasteiger partial charge on any atom is -0.248 e. The summed E-state index contributed by atoms with van der Waals surface area (Å²) in [7, 11) is 0. The molecule has 0 bridgehead atoms. The van der Waals surface area contributed by atoms with Gasteiger partial charge in [-0.2, -0.15) is 0 Å². The molecule has 3 rings (SSSR count). The molecule has 0 amide bonds. The van der Waals surface area contributed by atoms with E-state index in [1.807, 2.05) is 0 Å². The Balaban J connectivity index is 2.10. The monoisotopic (exact) mass is 194 g/mol. The fraction of sp³-hybridized carbons (Fsp3) is 0.143. The number of hydrogen-bond acceptors (Lipinski definition) is 0. The summed E-state index contributed by atoms with van der Waals surface area (Å²) in [6.07, 6.45) is 2.19. The lowest BCUT2D eigenvalue weighted by Gasteiger charge is -2.05. The number of para-hydroxylation sites is 2. The quantitative estimate of drug-likeness (QED) is 0.610. The van der Waals surface area contributed by atoms with Crippen molar-refractivity contribution < 1.29 is 0 Å². The molecule has 0 atom stereocenters. The van der Waals surface area contributed by atoms with Gasteiger partial charge in [-0.3, -0.25) is 0 Å². The molecular weight excluding hydrogens is 182 g/mol. The second-order valence-electron chi connectivity index (χ2n) is 3.87. The van der Waals surface area contributed by atoms with Crippen LogP contribution in [-0.2, 0) is 12.8 Å². The molecule has 0 N–H and O–H groups in total. The van der Waals surface area contributed by atoms with Crippen molar-refractivity contribution in [2.45, 2.75) is 12.8 Å². The predicted molar refractivity (Wildman–Crippen MR) is 61.7 cm³/mol. The van der Waals surface area contributed by atoms with Crippen molar-refractivity contribution in [3.8, 4) is 0 Å². The van der Waals surface area contributed by atoms with Crippen molar-refractivity contribution in [3.63, 3.8) is 0 Å². The van der Waals surface area contributed by atoms with Crippen molar-refractivity contribution >= 4 is 11.4 Å². The van der Waals surface area contributed by atoms with Gasteiger partial charge in [0.25, 0.3) is 0 Å². The fourth-order valence-electron chi connectivity index (χ4n) is 2.06. The van der Waals surface area contributed by atoms with Crippen LogP contribution in [0.1, 0.15) is 11.1 Å². The Bertz CT molecular complexity index is 443. The molecular formula is C14H12N. The van der Waals surface area contributed by atoms with Gasteiger partial charge in [-0.1, -0.05) is 36.4 Å². The van der Waals surface area contributed by atoms with Gasteiger partial charge in [0.2, 0.25) is 0 Å². The highest BCUT2D eigenvalue weighted by atomic mass is 14.9. The Labute approximate surface area is 89.8 Å². The normalized spacial score (nSPS) is 13.3. The van der Waals surface area contributed by atoms with E-state index in [1.165, 1.54) is 11.1 Å². The maximum absolute atomic E-state index is 4.70. The number of aryl methyl sites for hydroxylation is 2. The van der Waals surface area contributed by atoms with Gasteiger partial charge in [-0.15, -0.1) is 0 Å². The lowest BCUT2D eigenvalue weighted by atomic mass is 10.0. The molecule has 73 valence electrons. The molecule has 2 aromatic rings. The number of hydrogen-bond donors (Lipinski definition) is 0. The summed E-state index contributed by atoms with van der Waals surface area (Å²) in [5.41, 5.74) is 4.97. The lowest BCUT2D eigenvalue weighted by Crippen LogP contribution is -1.90. The average Bonchev–Trinajstić information content (AvgIpc) is 2.48. The maximum Gasteiger partial charge on any atom is 0.0669 e. The van der Waals surface area contributed by atoms with Crippen LogP contribution in [-0.4, -0.2) is 0 Å². The van der Waals surface area contributed by atoms with E-state index in [0.29, 0.717) is 0 Å². The Morgan fingerprint density at radius 2 is 1.13 bits per heavy atom. The maximum atomic E-state index is 4.70. The molecule has 0 aromatic heterocycles. The van der Waals surface area contributed by atoms with E-state index in [1.54, 1.807) is 0 Å². The van der Waals surface area contributed by atoms with Crippen molar-refractivity contribution in [2.75, 3.05) is 0 Å². The molecule has 0 spiro atoms. The first-order valence-electron chi connectivity index (χ1n) is 5.31. The molecule has 1 aliphatic rings. The predicted octanol–water partition coefficient (Wildman–Crippen LogP) is 3.35. The van der Waals surface area contributed by atoms with Crippen LogP contribution >= 0.6 is 0 Å². The van der Waals surface area contributed by atoms with Crippen LogP contribution in [0, 0.1) is 0 Å². The largest absolute Gasteiger partial charge is 0.248 e. The average molecular weight is 194 g/mol. The molecule has 1 radical (unpaired) electrons. The third kappa shape index (κ3) is 1.50. The van der Waals surface area contributed by atoms with Gasteiger partial charge in [-0.05, 0) is 36.1 Å². The number of nitrogens with zero attached hydrogens (tertiary/aromatic N) is 1. The third-order valence-corrected chi connectivity index (χ3v) is 2.89. The topological polar surface area (TPSA) is 14.1 Å². The summed E-state index contributed by atoms with van der Waals surface area (Å²) in [5, 5.41) is 4.70. The standard InChI is InChI=1S/C14H12N/c1-3-7-13-11(5-1)9-10-12-6-2-4-8-14(12)15-13/h1-8H,9-10H2. The molecule has 1 heterocycles. The molecule has 15 heavy (non-hydrogen) atoms. The summed E-state index contributed by atoms with van der Waals surface area (Å²) in [5.74, 6) is 0. The van der Waals surface area contributed by atoms with Gasteiger partial charge in [0.05, 0.1) is 11.4 Å². The zero-order valence-corrected chi connectivity index (χ0v) is 8.48. The zero-order valence-electron chi connectivity index (χ0n) is 8.48. The van der Waals surface area contributed by atoms with Crippen LogP contribution < -0.4 is 5.32 Å². The van der Waals surface area contributed by atoms with E-state index in [-0.39, 0.29) is 0 Å². The fourth-order valence-corrected chi connectivity index (χ4v) is 2.06. The number of rotatable bonds is 0. The summed E-state index contributed by atoms with van der Waals surface area (Å²) in [6, 6.07) is 16.8. The molecule has 2 aromatic carbocycles. The molecule has 0 saturated carbocycles. The van der Waals surface area contributed by atoms with Gasteiger partial charge in [-0.25, -0.2) is 5.32 Å². The van der Waals surface area contributed by atoms with Crippen LogP contribution in [0.5, 0.6) is 0 Å². The van der Waals surface area contributed by atoms with Gasteiger partial charge in [0.1, 0.15) is 0 Å². The van der Waals surface area contributed by atoms with Crippen LogP contribution in [0.3, 0.4) is 0 Å². The Kier molecular flexibility index (Phi) is 1.95. The van der Waals surface area contributed by atoms with Gasteiger partial charge >= 0.3 is 0 Å². The number of benzene rings is 2. The van der Waals surface area contributed by atoms with E-state index in [9.17, 15) is 0 Å². The number of fused-ring (bicyclic) bond motifs is 2. The molecule has 1 heteroatoms. The van der Waals surface area contributed by atoms with Gasteiger partial charge in [0.15, 0.2) is 0 Å². The van der Waals surface area contributed by atoms with E-state index < -0.39 is 0 Å². The summed E-state index contributed by atoms with van der Waals surface area (Å²) < 4.78 is 0. The van der Waals surface area contributed by atoms with Crippen LogP contribution in [0.4, 0.5) is 11.4 Å². The van der Waals surface area contributed by atoms with E-state index in [2.05, 4.69) is 48.5 Å². The molecule has 0 saturated heterocycles. The molecule has 1 aliphatic heterocycles. The second kappa shape index (κ2) is 3.43. The van der Waals surface area contributed by atoms with Gasteiger partial charge in [0, 0.05) is 0 Å². The lowest BCUT2D eigenvalue weighted by molar-refractivity contribution is 0.977. The SMILES string of the molecule is c1ccc2c(c1)CCc1ccccc1[N]2. The Hall–Kier alpha value is -1.76. The first-order valence-corrected chi connectivity index (χ1v) is 5.31. The van der Waals surface area contributed by atoms with Crippen LogP contribution in [0.25, 0.3) is 0 Å². The Morgan fingerprint density at radius 3 is 1.67 bits per heavy atom. The van der Waals surface area contributed by atoms with Crippen molar-refractivity contribution in [1.29, 1.82) is 0 Å².